The Morgan fingerprint density at radius 2 is 1.68 bits per heavy atom. The molecule has 0 unspecified atom stereocenters. The summed E-state index contributed by atoms with van der Waals surface area (Å²) in [7, 11) is 3.13. The van der Waals surface area contributed by atoms with Crippen molar-refractivity contribution >= 4 is 34.3 Å². The number of fused-ring (bicyclic) bond motifs is 2. The van der Waals surface area contributed by atoms with E-state index >= 15 is 0 Å². The van der Waals surface area contributed by atoms with E-state index in [9.17, 15) is 9.59 Å². The zero-order chi connectivity index (χ0) is 29.1. The molecule has 1 aromatic heterocycles. The molecule has 3 aromatic carbocycles. The Bertz CT molecular complexity index is 1600. The van der Waals surface area contributed by atoms with E-state index in [0.717, 1.165) is 23.2 Å². The maximum absolute atomic E-state index is 12.8. The summed E-state index contributed by atoms with van der Waals surface area (Å²) < 4.78 is 22.3. The molecule has 0 saturated heterocycles. The maximum atomic E-state index is 12.8. The molecule has 1 aliphatic heterocycles. The smallest absolute Gasteiger partial charge is 0.414 e. The standard InChI is InChI=1S/C31H32N4O6/c1-31(2,3)41-30(37)35-13-12-20-8-9-21(15-25(20)35)34-28(36)14-19-6-10-22(11-7-19)40-29-23-16-26(38-4)27(39-5)17-24(23)32-18-33-29/h6-11,15-18H,12-14H2,1-5H3,(H,34,36). The highest BCUT2D eigenvalue weighted by atomic mass is 16.6. The van der Waals surface area contributed by atoms with Gasteiger partial charge in [0, 0.05) is 18.3 Å². The number of rotatable bonds is 7. The molecule has 0 fully saturated rings. The minimum Gasteiger partial charge on any atom is -0.493 e. The van der Waals surface area contributed by atoms with Gasteiger partial charge in [-0.05, 0) is 68.7 Å². The predicted molar refractivity (Wildman–Crippen MR) is 155 cm³/mol. The minimum atomic E-state index is -0.587. The number of carbonyl (C=O) groups excluding carboxylic acids is 2. The summed E-state index contributed by atoms with van der Waals surface area (Å²) in [5.74, 6) is 1.86. The summed E-state index contributed by atoms with van der Waals surface area (Å²) in [5.41, 5.74) is 3.29. The monoisotopic (exact) mass is 556 g/mol. The summed E-state index contributed by atoms with van der Waals surface area (Å²) >= 11 is 0. The van der Waals surface area contributed by atoms with E-state index < -0.39 is 11.7 Å². The lowest BCUT2D eigenvalue weighted by Gasteiger charge is -2.25. The van der Waals surface area contributed by atoms with Crippen LogP contribution in [0.4, 0.5) is 16.2 Å². The average Bonchev–Trinajstić information content (AvgIpc) is 3.36. The number of carbonyl (C=O) groups is 2. The number of methoxy groups -OCH3 is 2. The number of aromatic nitrogens is 2. The number of nitrogens with one attached hydrogen (secondary N) is 1. The van der Waals surface area contributed by atoms with Crippen LogP contribution >= 0.6 is 0 Å². The molecular weight excluding hydrogens is 524 g/mol. The summed E-state index contributed by atoms with van der Waals surface area (Å²) in [4.78, 5) is 35.7. The van der Waals surface area contributed by atoms with Gasteiger partial charge in [-0.1, -0.05) is 18.2 Å². The van der Waals surface area contributed by atoms with Crippen LogP contribution in [0.2, 0.25) is 0 Å². The molecule has 0 bridgehead atoms. The highest BCUT2D eigenvalue weighted by Crippen LogP contribution is 2.36. The minimum absolute atomic E-state index is 0.167. The fourth-order valence-corrected chi connectivity index (χ4v) is 4.58. The second-order valence-electron chi connectivity index (χ2n) is 10.6. The molecule has 1 N–H and O–H groups in total. The Balaban J connectivity index is 1.24. The third-order valence-electron chi connectivity index (χ3n) is 6.49. The van der Waals surface area contributed by atoms with Crippen LogP contribution in [0.5, 0.6) is 23.1 Å². The van der Waals surface area contributed by atoms with Crippen LogP contribution in [0.3, 0.4) is 0 Å². The normalized spacial score (nSPS) is 12.6. The number of amides is 2. The van der Waals surface area contributed by atoms with Gasteiger partial charge < -0.3 is 24.3 Å². The molecule has 0 atom stereocenters. The molecule has 1 aliphatic rings. The molecule has 0 saturated carbocycles. The van der Waals surface area contributed by atoms with Gasteiger partial charge in [-0.3, -0.25) is 9.69 Å². The SMILES string of the molecule is COc1cc2ncnc(Oc3ccc(CC(=O)Nc4ccc5c(c4)N(C(=O)OC(C)(C)C)CC5)cc3)c2cc1OC. The van der Waals surface area contributed by atoms with Crippen molar-refractivity contribution in [2.24, 2.45) is 0 Å². The van der Waals surface area contributed by atoms with Crippen LogP contribution in [0.25, 0.3) is 10.9 Å². The van der Waals surface area contributed by atoms with Crippen LogP contribution in [0.1, 0.15) is 31.9 Å². The fraction of sp³-hybridized carbons (Fsp3) is 0.290. The Labute approximate surface area is 238 Å². The number of nitrogens with zero attached hydrogens (tertiary/aromatic N) is 3. The predicted octanol–water partition coefficient (Wildman–Crippen LogP) is 5.92. The molecule has 0 spiro atoms. The number of benzene rings is 3. The van der Waals surface area contributed by atoms with Crippen LogP contribution < -0.4 is 24.4 Å². The van der Waals surface area contributed by atoms with Crippen molar-refractivity contribution in [2.75, 3.05) is 31.0 Å². The third-order valence-corrected chi connectivity index (χ3v) is 6.49. The third kappa shape index (κ3) is 6.32. The Hall–Kier alpha value is -4.86. The summed E-state index contributed by atoms with van der Waals surface area (Å²) in [5, 5.41) is 3.61. The summed E-state index contributed by atoms with van der Waals surface area (Å²) in [6.07, 6.45) is 1.94. The van der Waals surface area contributed by atoms with Crippen LogP contribution in [-0.2, 0) is 22.4 Å². The number of hydrogen-bond acceptors (Lipinski definition) is 8. The number of ether oxygens (including phenoxy) is 4. The van der Waals surface area contributed by atoms with Crippen LogP contribution in [-0.4, -0.2) is 48.3 Å². The van der Waals surface area contributed by atoms with Crippen LogP contribution in [0.15, 0.2) is 60.9 Å². The van der Waals surface area contributed by atoms with E-state index in [-0.39, 0.29) is 12.3 Å². The van der Waals surface area contributed by atoms with Gasteiger partial charge in [0.2, 0.25) is 11.8 Å². The first-order chi connectivity index (χ1) is 19.6. The Morgan fingerprint density at radius 1 is 0.951 bits per heavy atom. The lowest BCUT2D eigenvalue weighted by Crippen LogP contribution is -2.35. The average molecular weight is 557 g/mol. The van der Waals surface area contributed by atoms with Crippen molar-refractivity contribution in [1.82, 2.24) is 9.97 Å². The molecule has 212 valence electrons. The first-order valence-corrected chi connectivity index (χ1v) is 13.2. The summed E-state index contributed by atoms with van der Waals surface area (Å²) in [6.45, 7) is 6.06. The lowest BCUT2D eigenvalue weighted by atomic mass is 10.1. The van der Waals surface area contributed by atoms with Gasteiger partial charge in [0.15, 0.2) is 11.5 Å². The number of hydrogen-bond donors (Lipinski definition) is 1. The van der Waals surface area contributed by atoms with Gasteiger partial charge in [-0.25, -0.2) is 14.8 Å². The number of anilines is 2. The van der Waals surface area contributed by atoms with Crippen molar-refractivity contribution in [3.63, 3.8) is 0 Å². The fourth-order valence-electron chi connectivity index (χ4n) is 4.58. The molecule has 10 nitrogen and oxygen atoms in total. The quantitative estimate of drug-likeness (QED) is 0.299. The van der Waals surface area contributed by atoms with Crippen LogP contribution in [0, 0.1) is 0 Å². The van der Waals surface area contributed by atoms with E-state index in [2.05, 4.69) is 15.3 Å². The largest absolute Gasteiger partial charge is 0.493 e. The first kappa shape index (κ1) is 27.7. The Kier molecular flexibility index (Phi) is 7.65. The highest BCUT2D eigenvalue weighted by Gasteiger charge is 2.29. The second kappa shape index (κ2) is 11.3. The highest BCUT2D eigenvalue weighted by molar-refractivity contribution is 5.95. The van der Waals surface area contributed by atoms with Gasteiger partial charge in [0.25, 0.3) is 0 Å². The Morgan fingerprint density at radius 3 is 2.39 bits per heavy atom. The zero-order valence-corrected chi connectivity index (χ0v) is 23.7. The topological polar surface area (TPSA) is 112 Å². The van der Waals surface area contributed by atoms with Crippen molar-refractivity contribution in [3.8, 4) is 23.1 Å². The van der Waals surface area contributed by atoms with E-state index in [4.69, 9.17) is 18.9 Å². The van der Waals surface area contributed by atoms with Gasteiger partial charge in [0.1, 0.15) is 17.7 Å². The molecule has 41 heavy (non-hydrogen) atoms. The van der Waals surface area contributed by atoms with Gasteiger partial charge in [-0.2, -0.15) is 0 Å². The van der Waals surface area contributed by atoms with Gasteiger partial charge in [-0.15, -0.1) is 0 Å². The molecule has 0 radical (unpaired) electrons. The van der Waals surface area contributed by atoms with Crippen molar-refractivity contribution in [1.29, 1.82) is 0 Å². The molecule has 4 aromatic rings. The van der Waals surface area contributed by atoms with E-state index in [1.165, 1.54) is 6.33 Å². The summed E-state index contributed by atoms with van der Waals surface area (Å²) in [6, 6.07) is 16.4. The van der Waals surface area contributed by atoms with E-state index in [1.807, 2.05) is 51.1 Å². The van der Waals surface area contributed by atoms with Crippen molar-refractivity contribution in [2.45, 2.75) is 39.2 Å². The van der Waals surface area contributed by atoms with E-state index in [0.29, 0.717) is 46.3 Å². The lowest BCUT2D eigenvalue weighted by molar-refractivity contribution is -0.115. The molecule has 2 amide bonds. The van der Waals surface area contributed by atoms with Crippen molar-refractivity contribution < 1.29 is 28.5 Å². The second-order valence-corrected chi connectivity index (χ2v) is 10.6. The first-order valence-electron chi connectivity index (χ1n) is 13.2. The molecule has 10 heteroatoms. The van der Waals surface area contributed by atoms with Gasteiger partial charge in [0.05, 0.1) is 37.2 Å². The van der Waals surface area contributed by atoms with Crippen molar-refractivity contribution in [3.05, 3.63) is 72.1 Å². The molecule has 0 aliphatic carbocycles. The zero-order valence-electron chi connectivity index (χ0n) is 23.7. The molecule has 5 rings (SSSR count). The van der Waals surface area contributed by atoms with Gasteiger partial charge >= 0.3 is 6.09 Å². The molecule has 2 heterocycles. The molecular formula is C31H32N4O6. The van der Waals surface area contributed by atoms with E-state index in [1.54, 1.807) is 43.4 Å². The maximum Gasteiger partial charge on any atom is 0.414 e.